The van der Waals surface area contributed by atoms with Crippen LogP contribution in [0.5, 0.6) is 0 Å². The highest BCUT2D eigenvalue weighted by Gasteiger charge is 2.26. The van der Waals surface area contributed by atoms with E-state index in [0.29, 0.717) is 25.6 Å². The largest absolute Gasteiger partial charge is 0.359 e. The molecular formula is C19H23N3O3S. The number of carbonyl (C=O) groups is 1. The van der Waals surface area contributed by atoms with Crippen LogP contribution in [0.3, 0.4) is 0 Å². The molecule has 0 radical (unpaired) electrons. The number of benzene rings is 2. The lowest BCUT2D eigenvalue weighted by Crippen LogP contribution is -2.40. The van der Waals surface area contributed by atoms with Crippen molar-refractivity contribution in [1.82, 2.24) is 5.32 Å². The molecule has 0 saturated heterocycles. The van der Waals surface area contributed by atoms with Crippen LogP contribution in [0.1, 0.15) is 18.1 Å². The fourth-order valence-electron chi connectivity index (χ4n) is 3.27. The van der Waals surface area contributed by atoms with Crippen LogP contribution in [0.2, 0.25) is 0 Å². The molecule has 3 rings (SSSR count). The third kappa shape index (κ3) is 4.23. The van der Waals surface area contributed by atoms with E-state index in [-0.39, 0.29) is 10.8 Å². The Balaban J connectivity index is 1.51. The van der Waals surface area contributed by atoms with Gasteiger partial charge in [0.1, 0.15) is 0 Å². The van der Waals surface area contributed by atoms with Crippen LogP contribution in [-0.4, -0.2) is 33.5 Å². The van der Waals surface area contributed by atoms with Crippen LogP contribution in [0.4, 0.5) is 5.69 Å². The number of hydrogen-bond donors (Lipinski definition) is 2. The molecule has 0 aromatic heterocycles. The van der Waals surface area contributed by atoms with Gasteiger partial charge in [0.15, 0.2) is 0 Å². The normalized spacial score (nSPS) is 16.4. The number of hydrogen-bond acceptors (Lipinski definition) is 4. The maximum absolute atomic E-state index is 12.3. The molecule has 138 valence electrons. The van der Waals surface area contributed by atoms with E-state index in [1.165, 1.54) is 17.7 Å². The van der Waals surface area contributed by atoms with Crippen molar-refractivity contribution >= 4 is 21.6 Å². The first-order valence-corrected chi connectivity index (χ1v) is 10.1. The summed E-state index contributed by atoms with van der Waals surface area (Å²) >= 11 is 0. The minimum atomic E-state index is -3.67. The Kier molecular flexibility index (Phi) is 5.29. The summed E-state index contributed by atoms with van der Waals surface area (Å²) in [5.74, 6) is -0.0188. The van der Waals surface area contributed by atoms with E-state index < -0.39 is 10.0 Å². The van der Waals surface area contributed by atoms with Crippen LogP contribution in [-0.2, 0) is 27.7 Å². The van der Waals surface area contributed by atoms with E-state index in [1.54, 1.807) is 12.1 Å². The van der Waals surface area contributed by atoms with Crippen molar-refractivity contribution in [3.8, 4) is 0 Å². The maximum Gasteiger partial charge on any atom is 0.239 e. The second-order valence-corrected chi connectivity index (χ2v) is 8.16. The third-order valence-corrected chi connectivity index (χ3v) is 5.58. The van der Waals surface area contributed by atoms with Gasteiger partial charge in [-0.25, -0.2) is 13.6 Å². The number of para-hydroxylation sites is 1. The van der Waals surface area contributed by atoms with Gasteiger partial charge in [-0.15, -0.1) is 0 Å². The SMILES string of the molecule is C[C@@H]1Cc2ccccc2N1CC(=O)NCCc1ccc(S(N)(=O)=O)cc1. The molecule has 1 aliphatic rings. The van der Waals surface area contributed by atoms with E-state index in [9.17, 15) is 13.2 Å². The number of fused-ring (bicyclic) bond motifs is 1. The Morgan fingerprint density at radius 2 is 1.88 bits per heavy atom. The minimum Gasteiger partial charge on any atom is -0.359 e. The lowest BCUT2D eigenvalue weighted by atomic mass is 10.1. The molecule has 0 spiro atoms. The Labute approximate surface area is 154 Å². The summed E-state index contributed by atoms with van der Waals surface area (Å²) in [7, 11) is -3.67. The zero-order valence-corrected chi connectivity index (χ0v) is 15.5. The predicted octanol–water partition coefficient (Wildman–Crippen LogP) is 1.44. The molecule has 0 saturated carbocycles. The van der Waals surface area contributed by atoms with Gasteiger partial charge >= 0.3 is 0 Å². The monoisotopic (exact) mass is 373 g/mol. The van der Waals surface area contributed by atoms with Gasteiger partial charge in [0.2, 0.25) is 15.9 Å². The van der Waals surface area contributed by atoms with Gasteiger partial charge in [0, 0.05) is 18.3 Å². The van der Waals surface area contributed by atoms with Crippen LogP contribution < -0.4 is 15.4 Å². The zero-order valence-electron chi connectivity index (χ0n) is 14.7. The van der Waals surface area contributed by atoms with Gasteiger partial charge in [-0.3, -0.25) is 4.79 Å². The first-order chi connectivity index (χ1) is 12.3. The number of nitrogens with zero attached hydrogens (tertiary/aromatic N) is 1. The number of nitrogens with two attached hydrogens (primary N) is 1. The molecule has 7 heteroatoms. The van der Waals surface area contributed by atoms with Crippen molar-refractivity contribution < 1.29 is 13.2 Å². The molecular weight excluding hydrogens is 350 g/mol. The summed E-state index contributed by atoms with van der Waals surface area (Å²) in [6, 6.07) is 14.9. The van der Waals surface area contributed by atoms with Gasteiger partial charge in [0.05, 0.1) is 11.4 Å². The number of rotatable bonds is 6. The average Bonchev–Trinajstić information content (AvgIpc) is 2.90. The first-order valence-electron chi connectivity index (χ1n) is 8.57. The molecule has 1 heterocycles. The van der Waals surface area contributed by atoms with Gasteiger partial charge < -0.3 is 10.2 Å². The number of primary sulfonamides is 1. The Morgan fingerprint density at radius 3 is 2.58 bits per heavy atom. The molecule has 0 fully saturated rings. The minimum absolute atomic E-state index is 0.0188. The Hall–Kier alpha value is -2.38. The molecule has 1 aliphatic heterocycles. The molecule has 1 atom stereocenters. The summed E-state index contributed by atoms with van der Waals surface area (Å²) in [6.45, 7) is 2.96. The number of sulfonamides is 1. The van der Waals surface area contributed by atoms with E-state index in [4.69, 9.17) is 5.14 Å². The molecule has 0 bridgehead atoms. The Bertz CT molecular complexity index is 895. The fourth-order valence-corrected chi connectivity index (χ4v) is 3.79. The topological polar surface area (TPSA) is 92.5 Å². The van der Waals surface area contributed by atoms with Crippen molar-refractivity contribution in [2.75, 3.05) is 18.0 Å². The highest BCUT2D eigenvalue weighted by molar-refractivity contribution is 7.89. The van der Waals surface area contributed by atoms with Crippen LogP contribution in [0.25, 0.3) is 0 Å². The third-order valence-electron chi connectivity index (χ3n) is 4.65. The second-order valence-electron chi connectivity index (χ2n) is 6.60. The molecule has 6 nitrogen and oxygen atoms in total. The van der Waals surface area contributed by atoms with Gasteiger partial charge in [0.25, 0.3) is 0 Å². The van der Waals surface area contributed by atoms with Crippen LogP contribution in [0, 0.1) is 0 Å². The van der Waals surface area contributed by atoms with Crippen molar-refractivity contribution in [2.45, 2.75) is 30.7 Å². The molecule has 1 amide bonds. The molecule has 2 aromatic rings. The van der Waals surface area contributed by atoms with Gasteiger partial charge in [-0.2, -0.15) is 0 Å². The van der Waals surface area contributed by atoms with E-state index in [2.05, 4.69) is 29.3 Å². The lowest BCUT2D eigenvalue weighted by Gasteiger charge is -2.24. The van der Waals surface area contributed by atoms with E-state index in [0.717, 1.165) is 17.7 Å². The number of amides is 1. The molecule has 26 heavy (non-hydrogen) atoms. The summed E-state index contributed by atoms with van der Waals surface area (Å²) in [6.07, 6.45) is 1.59. The number of carbonyl (C=O) groups excluding carboxylic acids is 1. The highest BCUT2D eigenvalue weighted by Crippen LogP contribution is 2.31. The first kappa shape index (κ1) is 18.4. The number of anilines is 1. The summed E-state index contributed by atoms with van der Waals surface area (Å²) in [5.41, 5.74) is 3.36. The van der Waals surface area contributed by atoms with Crippen molar-refractivity contribution in [1.29, 1.82) is 0 Å². The highest BCUT2D eigenvalue weighted by atomic mass is 32.2. The maximum atomic E-state index is 12.3. The van der Waals surface area contributed by atoms with Crippen LogP contribution in [0.15, 0.2) is 53.4 Å². The van der Waals surface area contributed by atoms with E-state index >= 15 is 0 Å². The summed E-state index contributed by atoms with van der Waals surface area (Å²) in [4.78, 5) is 14.5. The zero-order chi connectivity index (χ0) is 18.7. The molecule has 2 aromatic carbocycles. The predicted molar refractivity (Wildman–Crippen MR) is 101 cm³/mol. The average molecular weight is 373 g/mol. The van der Waals surface area contributed by atoms with Gasteiger partial charge in [-0.05, 0) is 49.1 Å². The second kappa shape index (κ2) is 7.47. The van der Waals surface area contributed by atoms with Crippen molar-refractivity contribution in [2.24, 2.45) is 5.14 Å². The quantitative estimate of drug-likeness (QED) is 0.801. The van der Waals surface area contributed by atoms with Crippen LogP contribution >= 0.6 is 0 Å². The fraction of sp³-hybridized carbons (Fsp3) is 0.316. The summed E-state index contributed by atoms with van der Waals surface area (Å²) in [5, 5.41) is 8.01. The van der Waals surface area contributed by atoms with E-state index in [1.807, 2.05) is 12.1 Å². The number of nitrogens with one attached hydrogen (secondary N) is 1. The standard InChI is InChI=1S/C19H23N3O3S/c1-14-12-16-4-2-3-5-18(16)22(14)13-19(23)21-11-10-15-6-8-17(9-7-15)26(20,24)25/h2-9,14H,10-13H2,1H3,(H,21,23)(H2,20,24,25)/t14-/m1/s1. The smallest absolute Gasteiger partial charge is 0.239 e. The van der Waals surface area contributed by atoms with Gasteiger partial charge in [-0.1, -0.05) is 30.3 Å². The molecule has 3 N–H and O–H groups in total. The molecule has 0 aliphatic carbocycles. The molecule has 0 unspecified atom stereocenters. The lowest BCUT2D eigenvalue weighted by molar-refractivity contribution is -0.119. The summed E-state index contributed by atoms with van der Waals surface area (Å²) < 4.78 is 22.5. The van der Waals surface area contributed by atoms with Crippen molar-refractivity contribution in [3.63, 3.8) is 0 Å². The Morgan fingerprint density at radius 1 is 1.19 bits per heavy atom. The van der Waals surface area contributed by atoms with Crippen molar-refractivity contribution in [3.05, 3.63) is 59.7 Å².